The minimum atomic E-state index is -0.224. The first kappa shape index (κ1) is 15.4. The van der Waals surface area contributed by atoms with Crippen molar-refractivity contribution in [3.05, 3.63) is 68.5 Å². The van der Waals surface area contributed by atoms with Crippen LogP contribution in [0.3, 0.4) is 0 Å². The van der Waals surface area contributed by atoms with Gasteiger partial charge in [-0.3, -0.25) is 4.98 Å². The molecule has 5 heteroatoms. The van der Waals surface area contributed by atoms with E-state index in [9.17, 15) is 4.39 Å². The Morgan fingerprint density at radius 1 is 1.05 bits per heavy atom. The zero-order valence-electron chi connectivity index (χ0n) is 11.7. The minimum absolute atomic E-state index is 0.224. The van der Waals surface area contributed by atoms with Gasteiger partial charge in [-0.1, -0.05) is 28.1 Å². The molecule has 0 unspecified atom stereocenters. The molecule has 2 nitrogen and oxygen atoms in total. The summed E-state index contributed by atoms with van der Waals surface area (Å²) in [4.78, 5) is 4.53. The first-order valence-electron chi connectivity index (χ1n) is 6.63. The Kier molecular flexibility index (Phi) is 4.45. The summed E-state index contributed by atoms with van der Waals surface area (Å²) in [5.41, 5.74) is 2.90. The minimum Gasteiger partial charge on any atom is -0.493 e. The molecule has 0 saturated carbocycles. The smallest absolute Gasteiger partial charge is 0.159 e. The summed E-state index contributed by atoms with van der Waals surface area (Å²) in [5, 5.41) is 0.986. The summed E-state index contributed by atoms with van der Waals surface area (Å²) < 4.78 is 20.2. The van der Waals surface area contributed by atoms with Crippen molar-refractivity contribution < 1.29 is 9.13 Å². The summed E-state index contributed by atoms with van der Waals surface area (Å²) in [7, 11) is 1.63. The third-order valence-electron chi connectivity index (χ3n) is 3.41. The molecule has 1 heterocycles. The molecule has 0 aliphatic carbocycles. The zero-order valence-corrected chi connectivity index (χ0v) is 14.9. The SMILES string of the molecule is COc1c(Br)cc(Br)c2cc(Cc3ccc(F)cc3)cnc12. The molecular formula is C17H12Br2FNO. The molecule has 1 aromatic heterocycles. The third-order valence-corrected chi connectivity index (χ3v) is 4.66. The Morgan fingerprint density at radius 3 is 2.45 bits per heavy atom. The van der Waals surface area contributed by atoms with Crippen LogP contribution in [0.25, 0.3) is 10.9 Å². The molecule has 0 saturated heterocycles. The van der Waals surface area contributed by atoms with E-state index in [1.54, 1.807) is 19.2 Å². The van der Waals surface area contributed by atoms with E-state index in [-0.39, 0.29) is 5.82 Å². The normalized spacial score (nSPS) is 10.9. The molecule has 2 aromatic carbocycles. The maximum atomic E-state index is 13.0. The molecule has 0 radical (unpaired) electrons. The van der Waals surface area contributed by atoms with Crippen LogP contribution in [0.15, 0.2) is 51.5 Å². The van der Waals surface area contributed by atoms with E-state index in [0.717, 1.165) is 31.0 Å². The number of ether oxygens (including phenoxy) is 1. The number of rotatable bonds is 3. The van der Waals surface area contributed by atoms with Crippen molar-refractivity contribution >= 4 is 42.8 Å². The topological polar surface area (TPSA) is 22.1 Å². The van der Waals surface area contributed by atoms with Crippen LogP contribution in [0.2, 0.25) is 0 Å². The summed E-state index contributed by atoms with van der Waals surface area (Å²) in [6.07, 6.45) is 2.53. The maximum Gasteiger partial charge on any atom is 0.159 e. The molecule has 0 aliphatic rings. The molecule has 3 rings (SSSR count). The van der Waals surface area contributed by atoms with Crippen LogP contribution in [0.5, 0.6) is 5.75 Å². The summed E-state index contributed by atoms with van der Waals surface area (Å²) in [6.45, 7) is 0. The Bertz CT molecular complexity index is 834. The Morgan fingerprint density at radius 2 is 1.77 bits per heavy atom. The number of aromatic nitrogens is 1. The fraction of sp³-hybridized carbons (Fsp3) is 0.118. The lowest BCUT2D eigenvalue weighted by Gasteiger charge is -2.10. The van der Waals surface area contributed by atoms with Crippen molar-refractivity contribution in [2.75, 3.05) is 7.11 Å². The van der Waals surface area contributed by atoms with Crippen LogP contribution in [-0.2, 0) is 6.42 Å². The van der Waals surface area contributed by atoms with Gasteiger partial charge < -0.3 is 4.74 Å². The van der Waals surface area contributed by atoms with Crippen LogP contribution in [0.4, 0.5) is 4.39 Å². The van der Waals surface area contributed by atoms with Crippen LogP contribution in [0.1, 0.15) is 11.1 Å². The van der Waals surface area contributed by atoms with Crippen molar-refractivity contribution in [1.29, 1.82) is 0 Å². The van der Waals surface area contributed by atoms with Gasteiger partial charge in [-0.05, 0) is 57.7 Å². The lowest BCUT2D eigenvalue weighted by Crippen LogP contribution is -1.94. The van der Waals surface area contributed by atoms with Crippen molar-refractivity contribution in [3.8, 4) is 5.75 Å². The van der Waals surface area contributed by atoms with Crippen LogP contribution in [-0.4, -0.2) is 12.1 Å². The summed E-state index contributed by atoms with van der Waals surface area (Å²) >= 11 is 7.04. The second kappa shape index (κ2) is 6.34. The monoisotopic (exact) mass is 423 g/mol. The number of fused-ring (bicyclic) bond motifs is 1. The molecule has 0 bridgehead atoms. The number of hydrogen-bond acceptors (Lipinski definition) is 2. The van der Waals surface area contributed by atoms with Crippen molar-refractivity contribution in [3.63, 3.8) is 0 Å². The van der Waals surface area contributed by atoms with Gasteiger partial charge in [-0.2, -0.15) is 0 Å². The van der Waals surface area contributed by atoms with E-state index < -0.39 is 0 Å². The molecule has 0 aliphatic heterocycles. The molecule has 22 heavy (non-hydrogen) atoms. The lowest BCUT2D eigenvalue weighted by molar-refractivity contribution is 0.416. The fourth-order valence-electron chi connectivity index (χ4n) is 2.37. The van der Waals surface area contributed by atoms with E-state index in [4.69, 9.17) is 4.74 Å². The van der Waals surface area contributed by atoms with E-state index in [1.165, 1.54) is 12.1 Å². The predicted octanol–water partition coefficient (Wildman–Crippen LogP) is 5.50. The Hall–Kier alpha value is -1.46. The summed E-state index contributed by atoms with van der Waals surface area (Å²) in [5.74, 6) is 0.490. The lowest BCUT2D eigenvalue weighted by atomic mass is 10.0. The van der Waals surface area contributed by atoms with E-state index in [0.29, 0.717) is 12.2 Å². The van der Waals surface area contributed by atoms with Gasteiger partial charge in [-0.25, -0.2) is 4.39 Å². The number of benzene rings is 2. The molecule has 0 N–H and O–H groups in total. The average molecular weight is 425 g/mol. The predicted molar refractivity (Wildman–Crippen MR) is 92.9 cm³/mol. The van der Waals surface area contributed by atoms with E-state index in [1.807, 2.05) is 12.3 Å². The number of hydrogen-bond donors (Lipinski definition) is 0. The van der Waals surface area contributed by atoms with Crippen molar-refractivity contribution in [2.24, 2.45) is 0 Å². The number of methoxy groups -OCH3 is 1. The highest BCUT2D eigenvalue weighted by Crippen LogP contribution is 2.37. The van der Waals surface area contributed by atoms with Crippen LogP contribution >= 0.6 is 31.9 Å². The largest absolute Gasteiger partial charge is 0.493 e. The summed E-state index contributed by atoms with van der Waals surface area (Å²) in [6, 6.07) is 10.5. The molecule has 0 fully saturated rings. The molecular weight excluding hydrogens is 413 g/mol. The number of halogens is 3. The first-order valence-corrected chi connectivity index (χ1v) is 8.22. The highest BCUT2D eigenvalue weighted by molar-refractivity contribution is 9.11. The second-order valence-electron chi connectivity index (χ2n) is 4.92. The Labute approximate surface area is 144 Å². The van der Waals surface area contributed by atoms with Crippen LogP contribution < -0.4 is 4.74 Å². The van der Waals surface area contributed by atoms with Gasteiger partial charge in [0.05, 0.1) is 11.6 Å². The number of pyridine rings is 1. The molecule has 112 valence electrons. The van der Waals surface area contributed by atoms with Crippen molar-refractivity contribution in [1.82, 2.24) is 4.98 Å². The van der Waals surface area contributed by atoms with Gasteiger partial charge in [0.2, 0.25) is 0 Å². The van der Waals surface area contributed by atoms with Gasteiger partial charge in [0, 0.05) is 16.1 Å². The van der Waals surface area contributed by atoms with Gasteiger partial charge >= 0.3 is 0 Å². The van der Waals surface area contributed by atoms with Crippen molar-refractivity contribution in [2.45, 2.75) is 6.42 Å². The highest BCUT2D eigenvalue weighted by atomic mass is 79.9. The van der Waals surface area contributed by atoms with Gasteiger partial charge in [0.1, 0.15) is 11.3 Å². The molecule has 0 atom stereocenters. The third kappa shape index (κ3) is 3.01. The van der Waals surface area contributed by atoms with Gasteiger partial charge in [0.25, 0.3) is 0 Å². The quantitative estimate of drug-likeness (QED) is 0.553. The number of nitrogens with zero attached hydrogens (tertiary/aromatic N) is 1. The highest BCUT2D eigenvalue weighted by Gasteiger charge is 2.12. The fourth-order valence-corrected chi connectivity index (χ4v) is 3.78. The first-order chi connectivity index (χ1) is 10.6. The van der Waals surface area contributed by atoms with E-state index >= 15 is 0 Å². The van der Waals surface area contributed by atoms with Gasteiger partial charge in [-0.15, -0.1) is 0 Å². The Balaban J connectivity index is 2.04. The zero-order chi connectivity index (χ0) is 15.7. The van der Waals surface area contributed by atoms with E-state index in [2.05, 4.69) is 42.9 Å². The molecule has 0 amide bonds. The molecule has 0 spiro atoms. The van der Waals surface area contributed by atoms with Crippen LogP contribution in [0, 0.1) is 5.82 Å². The van der Waals surface area contributed by atoms with Gasteiger partial charge in [0.15, 0.2) is 5.75 Å². The molecule has 3 aromatic rings. The maximum absolute atomic E-state index is 13.0. The second-order valence-corrected chi connectivity index (χ2v) is 6.63. The average Bonchev–Trinajstić information content (AvgIpc) is 2.50. The standard InChI is InChI=1S/C17H12Br2FNO/c1-22-17-15(19)8-14(18)13-7-11(9-21-16(13)17)6-10-2-4-12(20)5-3-10/h2-5,7-9H,6H2,1H3.